The number of hydrogen-bond donors (Lipinski definition) is 0. The lowest BCUT2D eigenvalue weighted by Gasteiger charge is -2.16. The van der Waals surface area contributed by atoms with Crippen LogP contribution in [0, 0.1) is 5.82 Å². The molecule has 1 unspecified atom stereocenters. The van der Waals surface area contributed by atoms with E-state index in [-0.39, 0.29) is 16.0 Å². The highest BCUT2D eigenvalue weighted by atomic mass is 35.5. The Kier molecular flexibility index (Phi) is 3.85. The molecule has 0 radical (unpaired) electrons. The van der Waals surface area contributed by atoms with Crippen LogP contribution >= 0.6 is 11.6 Å². The van der Waals surface area contributed by atoms with Gasteiger partial charge in [-0.3, -0.25) is 0 Å². The number of halogens is 2. The molecule has 0 amide bonds. The van der Waals surface area contributed by atoms with Gasteiger partial charge in [-0.15, -0.1) is 5.10 Å². The lowest BCUT2D eigenvalue weighted by atomic mass is 10.2. The molecule has 2 aromatic rings. The highest BCUT2D eigenvalue weighted by Crippen LogP contribution is 2.39. The molecule has 6 nitrogen and oxygen atoms in total. The Labute approximate surface area is 144 Å². The summed E-state index contributed by atoms with van der Waals surface area (Å²) in [4.78, 5) is 0.00631. The second-order valence-corrected chi connectivity index (χ2v) is 8.62. The van der Waals surface area contributed by atoms with E-state index in [1.54, 1.807) is 4.68 Å². The molecule has 1 aromatic carbocycles. The Morgan fingerprint density at radius 2 is 2.04 bits per heavy atom. The van der Waals surface area contributed by atoms with Crippen LogP contribution < -0.4 is 0 Å². The molecule has 4 rings (SSSR count). The van der Waals surface area contributed by atoms with E-state index in [4.69, 9.17) is 11.6 Å². The first-order valence-corrected chi connectivity index (χ1v) is 9.64. The average Bonchev–Trinajstić information content (AvgIpc) is 3.09. The van der Waals surface area contributed by atoms with E-state index in [2.05, 4.69) is 10.3 Å². The zero-order chi connectivity index (χ0) is 16.9. The maximum Gasteiger partial charge on any atom is 0.243 e. The molecule has 128 valence electrons. The Morgan fingerprint density at radius 1 is 1.25 bits per heavy atom. The van der Waals surface area contributed by atoms with E-state index in [9.17, 15) is 12.8 Å². The summed E-state index contributed by atoms with van der Waals surface area (Å²) in [6, 6.07) is 3.43. The number of rotatable bonds is 4. The van der Waals surface area contributed by atoms with Crippen LogP contribution in [0.25, 0.3) is 0 Å². The van der Waals surface area contributed by atoms with Gasteiger partial charge in [0, 0.05) is 25.2 Å². The van der Waals surface area contributed by atoms with Crippen LogP contribution in [-0.2, 0) is 10.0 Å². The maximum absolute atomic E-state index is 13.3. The second-order valence-electron chi connectivity index (χ2n) is 6.28. The van der Waals surface area contributed by atoms with Crippen LogP contribution in [0.3, 0.4) is 0 Å². The van der Waals surface area contributed by atoms with Crippen LogP contribution in [-0.4, -0.2) is 40.8 Å². The molecule has 1 aliphatic heterocycles. The molecular formula is C15H16ClFN4O2S. The normalized spacial score (nSPS) is 22.2. The third-order valence-electron chi connectivity index (χ3n) is 4.55. The lowest BCUT2D eigenvalue weighted by molar-refractivity contribution is 0.428. The number of hydrogen-bond acceptors (Lipinski definition) is 4. The molecule has 9 heteroatoms. The van der Waals surface area contributed by atoms with Gasteiger partial charge in [0.15, 0.2) is 0 Å². The summed E-state index contributed by atoms with van der Waals surface area (Å²) in [6.07, 6.45) is 4.89. The number of benzene rings is 1. The van der Waals surface area contributed by atoms with E-state index >= 15 is 0 Å². The molecule has 0 spiro atoms. The fourth-order valence-electron chi connectivity index (χ4n) is 2.97. The first kappa shape index (κ1) is 16.0. The summed E-state index contributed by atoms with van der Waals surface area (Å²) >= 11 is 5.71. The molecule has 0 bridgehead atoms. The molecule has 1 aromatic heterocycles. The average molecular weight is 371 g/mol. The minimum atomic E-state index is -3.70. The Morgan fingerprint density at radius 3 is 2.75 bits per heavy atom. The fraction of sp³-hybridized carbons (Fsp3) is 0.467. The minimum Gasteiger partial charge on any atom is -0.248 e. The van der Waals surface area contributed by atoms with Crippen LogP contribution in [0.5, 0.6) is 0 Å². The summed E-state index contributed by atoms with van der Waals surface area (Å²) < 4.78 is 41.8. The first-order chi connectivity index (χ1) is 11.4. The number of nitrogens with zero attached hydrogens (tertiary/aromatic N) is 4. The van der Waals surface area contributed by atoms with Gasteiger partial charge in [0.05, 0.1) is 21.7 Å². The first-order valence-electron chi connectivity index (χ1n) is 7.82. The van der Waals surface area contributed by atoms with Gasteiger partial charge in [-0.2, -0.15) is 4.31 Å². The standard InChI is InChI=1S/C15H16ClFN4O2S/c16-13-7-12(3-4-14(13)17)24(22,23)20-6-5-11(8-20)21-9-15(18-19-21)10-1-2-10/h3-4,7,9-11H,1-2,5-6,8H2. The van der Waals surface area contributed by atoms with Crippen molar-refractivity contribution in [2.75, 3.05) is 13.1 Å². The molecule has 2 fully saturated rings. The van der Waals surface area contributed by atoms with E-state index in [1.807, 2.05) is 6.20 Å². The van der Waals surface area contributed by atoms with E-state index in [1.165, 1.54) is 10.4 Å². The molecule has 24 heavy (non-hydrogen) atoms. The predicted molar refractivity (Wildman–Crippen MR) is 85.8 cm³/mol. The molecule has 1 aliphatic carbocycles. The largest absolute Gasteiger partial charge is 0.248 e. The van der Waals surface area contributed by atoms with Crippen molar-refractivity contribution >= 4 is 21.6 Å². The minimum absolute atomic E-state index is 0.00631. The lowest BCUT2D eigenvalue weighted by Crippen LogP contribution is -2.29. The highest BCUT2D eigenvalue weighted by molar-refractivity contribution is 7.89. The number of sulfonamides is 1. The highest BCUT2D eigenvalue weighted by Gasteiger charge is 2.35. The predicted octanol–water partition coefficient (Wildman–Crippen LogP) is 2.58. The third kappa shape index (κ3) is 2.82. The van der Waals surface area contributed by atoms with Gasteiger partial charge in [-0.1, -0.05) is 16.8 Å². The smallest absolute Gasteiger partial charge is 0.243 e. The fourth-order valence-corrected chi connectivity index (χ4v) is 4.73. The van der Waals surface area contributed by atoms with Crippen molar-refractivity contribution in [3.05, 3.63) is 40.9 Å². The summed E-state index contributed by atoms with van der Waals surface area (Å²) in [6.45, 7) is 0.714. The van der Waals surface area contributed by atoms with Gasteiger partial charge in [0.25, 0.3) is 0 Å². The molecule has 2 heterocycles. The van der Waals surface area contributed by atoms with Crippen LogP contribution in [0.1, 0.15) is 36.9 Å². The van der Waals surface area contributed by atoms with Crippen LogP contribution in [0.15, 0.2) is 29.3 Å². The van der Waals surface area contributed by atoms with Gasteiger partial charge in [0.1, 0.15) is 5.82 Å². The molecule has 2 aliphatic rings. The summed E-state index contributed by atoms with van der Waals surface area (Å²) in [5.41, 5.74) is 0.988. The quantitative estimate of drug-likeness (QED) is 0.829. The van der Waals surface area contributed by atoms with E-state index in [0.717, 1.165) is 30.7 Å². The van der Waals surface area contributed by atoms with Gasteiger partial charge in [0.2, 0.25) is 10.0 Å². The summed E-state index contributed by atoms with van der Waals surface area (Å²) in [5.74, 6) is -0.119. The van der Waals surface area contributed by atoms with Crippen molar-refractivity contribution in [2.45, 2.75) is 36.1 Å². The second kappa shape index (κ2) is 5.79. The van der Waals surface area contributed by atoms with Crippen LogP contribution in [0.4, 0.5) is 4.39 Å². The molecular weight excluding hydrogens is 355 g/mol. The van der Waals surface area contributed by atoms with Gasteiger partial charge in [-0.25, -0.2) is 17.5 Å². The van der Waals surface area contributed by atoms with Crippen molar-refractivity contribution in [3.8, 4) is 0 Å². The van der Waals surface area contributed by atoms with Crippen molar-refractivity contribution < 1.29 is 12.8 Å². The van der Waals surface area contributed by atoms with Crippen LogP contribution in [0.2, 0.25) is 5.02 Å². The molecule has 0 N–H and O–H groups in total. The summed E-state index contributed by atoms with van der Waals surface area (Å²) in [5, 5.41) is 8.13. The molecule has 1 saturated carbocycles. The zero-order valence-electron chi connectivity index (χ0n) is 12.8. The van der Waals surface area contributed by atoms with E-state index < -0.39 is 15.8 Å². The molecule has 1 saturated heterocycles. The van der Waals surface area contributed by atoms with Crippen molar-refractivity contribution in [3.63, 3.8) is 0 Å². The third-order valence-corrected chi connectivity index (χ3v) is 6.70. The Bertz CT molecular complexity index is 881. The zero-order valence-corrected chi connectivity index (χ0v) is 14.3. The van der Waals surface area contributed by atoms with Gasteiger partial charge >= 0.3 is 0 Å². The Balaban J connectivity index is 1.53. The number of aromatic nitrogens is 3. The van der Waals surface area contributed by atoms with Gasteiger partial charge in [-0.05, 0) is 37.5 Å². The Hall–Kier alpha value is -1.51. The van der Waals surface area contributed by atoms with E-state index in [0.29, 0.717) is 25.4 Å². The SMILES string of the molecule is O=S(=O)(c1ccc(F)c(Cl)c1)N1CCC(n2cc(C3CC3)nn2)C1. The van der Waals surface area contributed by atoms with Gasteiger partial charge < -0.3 is 0 Å². The van der Waals surface area contributed by atoms with Crippen molar-refractivity contribution in [1.82, 2.24) is 19.3 Å². The monoisotopic (exact) mass is 370 g/mol. The molecule has 1 atom stereocenters. The maximum atomic E-state index is 13.3. The summed E-state index contributed by atoms with van der Waals surface area (Å²) in [7, 11) is -3.70. The van der Waals surface area contributed by atoms with Crippen molar-refractivity contribution in [1.29, 1.82) is 0 Å². The van der Waals surface area contributed by atoms with Crippen molar-refractivity contribution in [2.24, 2.45) is 0 Å². The topological polar surface area (TPSA) is 68.1 Å².